The number of ether oxygens (including phenoxy) is 4. The number of amides is 2. The standard InChI is InChI=1S/C18H36N2O6/c1-17(2,3)25-15(21)19-9-7-11-23-13-14-24-12-8-10-20-16(22)26-18(4,5)6/h7-14H2,1-6H3,(H,19,21)(H,20,22). The second kappa shape index (κ2) is 12.8. The van der Waals surface area contributed by atoms with Crippen LogP contribution in [0.5, 0.6) is 0 Å². The molecule has 154 valence electrons. The normalized spacial score (nSPS) is 11.8. The van der Waals surface area contributed by atoms with E-state index in [2.05, 4.69) is 10.6 Å². The van der Waals surface area contributed by atoms with Crippen LogP contribution >= 0.6 is 0 Å². The van der Waals surface area contributed by atoms with Crippen LogP contribution in [0.4, 0.5) is 9.59 Å². The van der Waals surface area contributed by atoms with Crippen molar-refractivity contribution in [3.05, 3.63) is 0 Å². The molecule has 0 saturated carbocycles. The molecule has 0 radical (unpaired) electrons. The topological polar surface area (TPSA) is 95.1 Å². The molecule has 26 heavy (non-hydrogen) atoms. The van der Waals surface area contributed by atoms with E-state index in [1.807, 2.05) is 41.5 Å². The maximum atomic E-state index is 11.4. The van der Waals surface area contributed by atoms with Crippen LogP contribution in [0.3, 0.4) is 0 Å². The van der Waals surface area contributed by atoms with E-state index in [4.69, 9.17) is 18.9 Å². The third kappa shape index (κ3) is 18.8. The van der Waals surface area contributed by atoms with Crippen LogP contribution in [0.15, 0.2) is 0 Å². The van der Waals surface area contributed by atoms with Gasteiger partial charge in [0.25, 0.3) is 0 Å². The number of nitrogens with one attached hydrogen (secondary N) is 2. The summed E-state index contributed by atoms with van der Waals surface area (Å²) in [5, 5.41) is 5.34. The summed E-state index contributed by atoms with van der Waals surface area (Å²) >= 11 is 0. The fraction of sp³-hybridized carbons (Fsp3) is 0.889. The molecule has 0 saturated heterocycles. The van der Waals surface area contributed by atoms with Crippen LogP contribution in [0, 0.1) is 0 Å². The SMILES string of the molecule is CC(C)(C)OC(=O)NCCCOCCOCCCNC(=O)OC(C)(C)C. The lowest BCUT2D eigenvalue weighted by Crippen LogP contribution is -2.33. The molecular formula is C18H36N2O6. The first kappa shape index (κ1) is 24.5. The Morgan fingerprint density at radius 1 is 0.654 bits per heavy atom. The van der Waals surface area contributed by atoms with Gasteiger partial charge < -0.3 is 29.6 Å². The molecule has 0 aliphatic carbocycles. The molecule has 0 rings (SSSR count). The lowest BCUT2D eigenvalue weighted by molar-refractivity contribution is 0.0406. The summed E-state index contributed by atoms with van der Waals surface area (Å²) in [5.74, 6) is 0. The highest BCUT2D eigenvalue weighted by Crippen LogP contribution is 2.06. The van der Waals surface area contributed by atoms with Gasteiger partial charge in [-0.05, 0) is 54.4 Å². The van der Waals surface area contributed by atoms with Gasteiger partial charge in [0.15, 0.2) is 0 Å². The molecule has 0 aliphatic rings. The van der Waals surface area contributed by atoms with E-state index in [0.29, 0.717) is 52.4 Å². The smallest absolute Gasteiger partial charge is 0.407 e. The van der Waals surface area contributed by atoms with Crippen molar-refractivity contribution in [3.8, 4) is 0 Å². The highest BCUT2D eigenvalue weighted by atomic mass is 16.6. The van der Waals surface area contributed by atoms with Crippen LogP contribution in [0.2, 0.25) is 0 Å². The molecule has 8 nitrogen and oxygen atoms in total. The van der Waals surface area contributed by atoms with E-state index < -0.39 is 23.4 Å². The molecule has 0 spiro atoms. The Labute approximate surface area is 157 Å². The van der Waals surface area contributed by atoms with Gasteiger partial charge in [-0.15, -0.1) is 0 Å². The minimum absolute atomic E-state index is 0.416. The van der Waals surface area contributed by atoms with Gasteiger partial charge in [0.2, 0.25) is 0 Å². The lowest BCUT2D eigenvalue weighted by Gasteiger charge is -2.19. The van der Waals surface area contributed by atoms with E-state index in [1.54, 1.807) is 0 Å². The number of hydrogen-bond donors (Lipinski definition) is 2. The Kier molecular flexibility index (Phi) is 12.0. The van der Waals surface area contributed by atoms with Gasteiger partial charge in [0.1, 0.15) is 11.2 Å². The maximum Gasteiger partial charge on any atom is 0.407 e. The molecule has 2 N–H and O–H groups in total. The molecule has 0 aliphatic heterocycles. The fourth-order valence-corrected chi connectivity index (χ4v) is 1.68. The van der Waals surface area contributed by atoms with E-state index in [9.17, 15) is 9.59 Å². The van der Waals surface area contributed by atoms with Crippen LogP contribution in [0.25, 0.3) is 0 Å². The van der Waals surface area contributed by atoms with Gasteiger partial charge in [-0.1, -0.05) is 0 Å². The monoisotopic (exact) mass is 376 g/mol. The molecule has 0 unspecified atom stereocenters. The zero-order chi connectivity index (χ0) is 20.1. The lowest BCUT2D eigenvalue weighted by atomic mass is 10.2. The minimum Gasteiger partial charge on any atom is -0.444 e. The molecule has 0 heterocycles. The molecule has 2 amide bonds. The average molecular weight is 376 g/mol. The van der Waals surface area contributed by atoms with Crippen molar-refractivity contribution in [2.24, 2.45) is 0 Å². The third-order valence-corrected chi connectivity index (χ3v) is 2.64. The molecule has 8 heteroatoms. The molecule has 0 fully saturated rings. The summed E-state index contributed by atoms with van der Waals surface area (Å²) in [7, 11) is 0. The Balaban J connectivity index is 3.32. The van der Waals surface area contributed by atoms with Gasteiger partial charge in [-0.25, -0.2) is 9.59 Å². The van der Waals surface area contributed by atoms with Gasteiger partial charge in [0.05, 0.1) is 13.2 Å². The van der Waals surface area contributed by atoms with E-state index in [-0.39, 0.29) is 0 Å². The number of rotatable bonds is 11. The number of carbonyl (C=O) groups excluding carboxylic acids is 2. The zero-order valence-corrected chi connectivity index (χ0v) is 17.1. The third-order valence-electron chi connectivity index (χ3n) is 2.64. The zero-order valence-electron chi connectivity index (χ0n) is 17.1. The molecule has 0 bridgehead atoms. The van der Waals surface area contributed by atoms with Gasteiger partial charge in [-0.3, -0.25) is 0 Å². The molecule has 0 aromatic heterocycles. The van der Waals surface area contributed by atoms with Crippen molar-refractivity contribution in [2.75, 3.05) is 39.5 Å². The van der Waals surface area contributed by atoms with Crippen molar-refractivity contribution in [1.29, 1.82) is 0 Å². The first-order valence-corrected chi connectivity index (χ1v) is 9.09. The van der Waals surface area contributed by atoms with E-state index in [1.165, 1.54) is 0 Å². The predicted octanol–water partition coefficient (Wildman–Crippen LogP) is 2.85. The van der Waals surface area contributed by atoms with Gasteiger partial charge in [-0.2, -0.15) is 0 Å². The summed E-state index contributed by atoms with van der Waals surface area (Å²) in [6.45, 7) is 14.0. The van der Waals surface area contributed by atoms with Crippen LogP contribution in [-0.4, -0.2) is 62.9 Å². The first-order chi connectivity index (χ1) is 12.0. The molecular weight excluding hydrogens is 340 g/mol. The Hall–Kier alpha value is -1.54. The fourth-order valence-electron chi connectivity index (χ4n) is 1.68. The van der Waals surface area contributed by atoms with Crippen LogP contribution in [-0.2, 0) is 18.9 Å². The summed E-state index contributed by atoms with van der Waals surface area (Å²) in [4.78, 5) is 22.8. The maximum absolute atomic E-state index is 11.4. The summed E-state index contributed by atoms with van der Waals surface area (Å²) in [6, 6.07) is 0. The highest BCUT2D eigenvalue weighted by Gasteiger charge is 2.16. The number of hydrogen-bond acceptors (Lipinski definition) is 6. The number of carbonyl (C=O) groups is 2. The highest BCUT2D eigenvalue weighted by molar-refractivity contribution is 5.67. The van der Waals surface area contributed by atoms with Crippen molar-refractivity contribution in [2.45, 2.75) is 65.6 Å². The number of alkyl carbamates (subject to hydrolysis) is 2. The van der Waals surface area contributed by atoms with Gasteiger partial charge in [0, 0.05) is 26.3 Å². The molecule has 0 aromatic carbocycles. The van der Waals surface area contributed by atoms with Crippen molar-refractivity contribution in [3.63, 3.8) is 0 Å². The van der Waals surface area contributed by atoms with Crippen LogP contribution in [0.1, 0.15) is 54.4 Å². The Morgan fingerprint density at radius 2 is 1.00 bits per heavy atom. The molecule has 0 aromatic rings. The van der Waals surface area contributed by atoms with Crippen molar-refractivity contribution in [1.82, 2.24) is 10.6 Å². The second-order valence-corrected chi connectivity index (χ2v) is 7.79. The van der Waals surface area contributed by atoms with E-state index >= 15 is 0 Å². The van der Waals surface area contributed by atoms with Gasteiger partial charge >= 0.3 is 12.2 Å². The Bertz CT molecular complexity index is 363. The molecule has 0 atom stereocenters. The predicted molar refractivity (Wildman–Crippen MR) is 99.3 cm³/mol. The van der Waals surface area contributed by atoms with Crippen molar-refractivity contribution >= 4 is 12.2 Å². The van der Waals surface area contributed by atoms with E-state index in [0.717, 1.165) is 0 Å². The van der Waals surface area contributed by atoms with Crippen molar-refractivity contribution < 1.29 is 28.5 Å². The second-order valence-electron chi connectivity index (χ2n) is 7.79. The summed E-state index contributed by atoms with van der Waals surface area (Å²) in [5.41, 5.74) is -0.972. The summed E-state index contributed by atoms with van der Waals surface area (Å²) in [6.07, 6.45) is 0.583. The minimum atomic E-state index is -0.486. The van der Waals surface area contributed by atoms with Crippen LogP contribution < -0.4 is 10.6 Å². The summed E-state index contributed by atoms with van der Waals surface area (Å²) < 4.78 is 21.1. The Morgan fingerprint density at radius 3 is 1.31 bits per heavy atom. The quantitative estimate of drug-likeness (QED) is 0.539. The average Bonchev–Trinajstić information content (AvgIpc) is 2.44. The largest absolute Gasteiger partial charge is 0.444 e. The first-order valence-electron chi connectivity index (χ1n) is 9.09.